The quantitative estimate of drug-likeness (QED) is 0.608. The normalized spacial score (nSPS) is 19.7. The van der Waals surface area contributed by atoms with E-state index in [1.54, 1.807) is 4.90 Å². The molecule has 1 saturated heterocycles. The first-order chi connectivity index (χ1) is 13.7. The molecule has 3 rings (SSSR count). The third kappa shape index (κ3) is 6.05. The second kappa shape index (κ2) is 8.97. The number of hydrogen-bond donors (Lipinski definition) is 0. The first-order valence-corrected chi connectivity index (χ1v) is 11.5. The molecule has 0 radical (unpaired) electrons. The summed E-state index contributed by atoms with van der Waals surface area (Å²) in [7, 11) is -3.63. The van der Waals surface area contributed by atoms with E-state index < -0.39 is 16.2 Å². The Morgan fingerprint density at radius 2 is 1.66 bits per heavy atom. The van der Waals surface area contributed by atoms with Crippen LogP contribution in [0.1, 0.15) is 32.3 Å². The van der Waals surface area contributed by atoms with E-state index in [4.69, 9.17) is 8.92 Å². The second-order valence-corrected chi connectivity index (χ2v) is 9.42. The van der Waals surface area contributed by atoms with Gasteiger partial charge in [-0.1, -0.05) is 44.2 Å². The van der Waals surface area contributed by atoms with Crippen molar-refractivity contribution in [2.45, 2.75) is 45.4 Å². The lowest BCUT2D eigenvalue weighted by Crippen LogP contribution is -2.39. The van der Waals surface area contributed by atoms with Crippen molar-refractivity contribution in [2.24, 2.45) is 5.92 Å². The van der Waals surface area contributed by atoms with Gasteiger partial charge in [-0.05, 0) is 42.2 Å². The second-order valence-electron chi connectivity index (χ2n) is 7.82. The molecule has 1 aliphatic rings. The highest BCUT2D eigenvalue weighted by Gasteiger charge is 2.42. The Morgan fingerprint density at radius 3 is 2.24 bits per heavy atom. The van der Waals surface area contributed by atoms with Crippen LogP contribution in [0.5, 0.6) is 11.5 Å². The summed E-state index contributed by atoms with van der Waals surface area (Å²) in [6.45, 7) is 4.51. The molecular weight excluding hydrogens is 390 g/mol. The van der Waals surface area contributed by atoms with Crippen molar-refractivity contribution in [3.63, 3.8) is 0 Å². The third-order valence-corrected chi connectivity index (χ3v) is 5.39. The van der Waals surface area contributed by atoms with Gasteiger partial charge in [0.05, 0.1) is 18.7 Å². The smallest absolute Gasteiger partial charge is 0.264 e. The molecule has 2 atom stereocenters. The SMILES string of the molecule is CC(C)CC1C(OS(C)(=O)=O)CC(=O)N1Cc1ccc(Oc2ccccc2)cc1. The van der Waals surface area contributed by atoms with E-state index in [1.165, 1.54) is 0 Å². The molecule has 1 fully saturated rings. The molecule has 1 heterocycles. The number of likely N-dealkylation sites (tertiary alicyclic amines) is 1. The Morgan fingerprint density at radius 1 is 1.03 bits per heavy atom. The zero-order valence-corrected chi connectivity index (χ0v) is 17.8. The molecular formula is C22H27NO5S. The van der Waals surface area contributed by atoms with Crippen molar-refractivity contribution in [1.29, 1.82) is 0 Å². The molecule has 0 aromatic heterocycles. The summed E-state index contributed by atoms with van der Waals surface area (Å²) < 4.78 is 34.3. The topological polar surface area (TPSA) is 72.9 Å². The van der Waals surface area contributed by atoms with Gasteiger partial charge in [-0.2, -0.15) is 8.42 Å². The van der Waals surface area contributed by atoms with E-state index in [-0.39, 0.29) is 18.4 Å². The van der Waals surface area contributed by atoms with E-state index in [0.717, 1.165) is 17.6 Å². The molecule has 156 valence electrons. The van der Waals surface area contributed by atoms with Crippen LogP contribution in [0.3, 0.4) is 0 Å². The van der Waals surface area contributed by atoms with Gasteiger partial charge in [0.15, 0.2) is 0 Å². The third-order valence-electron chi connectivity index (χ3n) is 4.79. The van der Waals surface area contributed by atoms with Crippen molar-refractivity contribution >= 4 is 16.0 Å². The van der Waals surface area contributed by atoms with E-state index in [9.17, 15) is 13.2 Å². The summed E-state index contributed by atoms with van der Waals surface area (Å²) in [5.41, 5.74) is 0.951. The molecule has 7 heteroatoms. The fourth-order valence-corrected chi connectivity index (χ4v) is 4.23. The van der Waals surface area contributed by atoms with Crippen LogP contribution in [-0.2, 0) is 25.6 Å². The molecule has 0 spiro atoms. The predicted molar refractivity (Wildman–Crippen MR) is 111 cm³/mol. The Balaban J connectivity index is 1.72. The lowest BCUT2D eigenvalue weighted by Gasteiger charge is -2.29. The minimum absolute atomic E-state index is 0.0830. The van der Waals surface area contributed by atoms with Crippen LogP contribution < -0.4 is 4.74 Å². The molecule has 29 heavy (non-hydrogen) atoms. The highest BCUT2D eigenvalue weighted by Crippen LogP contribution is 2.30. The summed E-state index contributed by atoms with van der Waals surface area (Å²) in [6, 6.07) is 16.8. The van der Waals surface area contributed by atoms with Crippen molar-refractivity contribution < 1.29 is 22.1 Å². The molecule has 2 aromatic carbocycles. The van der Waals surface area contributed by atoms with Gasteiger partial charge in [0.2, 0.25) is 5.91 Å². The van der Waals surface area contributed by atoms with Gasteiger partial charge in [-0.15, -0.1) is 0 Å². The first kappa shape index (κ1) is 21.3. The number of carbonyl (C=O) groups is 1. The molecule has 0 saturated carbocycles. The summed E-state index contributed by atoms with van der Waals surface area (Å²) in [6.07, 6.45) is 1.15. The zero-order valence-electron chi connectivity index (χ0n) is 16.9. The number of rotatable bonds is 8. The molecule has 6 nitrogen and oxygen atoms in total. The van der Waals surface area contributed by atoms with Gasteiger partial charge < -0.3 is 9.64 Å². The van der Waals surface area contributed by atoms with Crippen LogP contribution in [0.2, 0.25) is 0 Å². The summed E-state index contributed by atoms with van der Waals surface area (Å²) >= 11 is 0. The van der Waals surface area contributed by atoms with Crippen LogP contribution in [0.25, 0.3) is 0 Å². The molecule has 0 bridgehead atoms. The Hall–Kier alpha value is -2.38. The van der Waals surface area contributed by atoms with Crippen LogP contribution >= 0.6 is 0 Å². The van der Waals surface area contributed by atoms with Gasteiger partial charge >= 0.3 is 0 Å². The monoisotopic (exact) mass is 417 g/mol. The van der Waals surface area contributed by atoms with Crippen molar-refractivity contribution in [3.05, 3.63) is 60.2 Å². The standard InChI is InChI=1S/C22H27NO5S/c1-16(2)13-20-21(28-29(3,25)26)14-22(24)23(20)15-17-9-11-19(12-10-17)27-18-7-5-4-6-8-18/h4-12,16,20-21H,13-15H2,1-3H3. The lowest BCUT2D eigenvalue weighted by atomic mass is 9.99. The van der Waals surface area contributed by atoms with Gasteiger partial charge in [0, 0.05) is 6.54 Å². The molecule has 1 aliphatic heterocycles. The Bertz CT molecular complexity index is 925. The summed E-state index contributed by atoms with van der Waals surface area (Å²) in [4.78, 5) is 14.3. The van der Waals surface area contributed by atoms with E-state index in [1.807, 2.05) is 68.4 Å². The highest BCUT2D eigenvalue weighted by molar-refractivity contribution is 7.86. The number of benzene rings is 2. The molecule has 2 unspecified atom stereocenters. The van der Waals surface area contributed by atoms with Crippen LogP contribution in [0.4, 0.5) is 0 Å². The van der Waals surface area contributed by atoms with E-state index in [2.05, 4.69) is 0 Å². The fourth-order valence-electron chi connectivity index (χ4n) is 3.59. The number of carbonyl (C=O) groups excluding carboxylic acids is 1. The molecule has 0 N–H and O–H groups in total. The maximum Gasteiger partial charge on any atom is 0.264 e. The largest absolute Gasteiger partial charge is 0.457 e. The minimum atomic E-state index is -3.63. The molecule has 0 aliphatic carbocycles. The van der Waals surface area contributed by atoms with Crippen LogP contribution in [0.15, 0.2) is 54.6 Å². The number of ether oxygens (including phenoxy) is 1. The average Bonchev–Trinajstić information content (AvgIpc) is 2.90. The number of nitrogens with zero attached hydrogens (tertiary/aromatic N) is 1. The maximum atomic E-state index is 12.6. The summed E-state index contributed by atoms with van der Waals surface area (Å²) in [5.74, 6) is 1.69. The number of amides is 1. The number of para-hydroxylation sites is 1. The first-order valence-electron chi connectivity index (χ1n) is 9.71. The zero-order chi connectivity index (χ0) is 21.0. The van der Waals surface area contributed by atoms with Crippen LogP contribution in [0, 0.1) is 5.92 Å². The Labute approximate surface area is 172 Å². The van der Waals surface area contributed by atoms with E-state index in [0.29, 0.717) is 24.6 Å². The van der Waals surface area contributed by atoms with E-state index >= 15 is 0 Å². The highest BCUT2D eigenvalue weighted by atomic mass is 32.2. The van der Waals surface area contributed by atoms with Crippen molar-refractivity contribution in [3.8, 4) is 11.5 Å². The predicted octanol–water partition coefficient (Wildman–Crippen LogP) is 3.97. The molecule has 1 amide bonds. The summed E-state index contributed by atoms with van der Waals surface area (Å²) in [5, 5.41) is 0. The average molecular weight is 418 g/mol. The van der Waals surface area contributed by atoms with Crippen molar-refractivity contribution in [1.82, 2.24) is 4.90 Å². The minimum Gasteiger partial charge on any atom is -0.457 e. The van der Waals surface area contributed by atoms with Crippen molar-refractivity contribution in [2.75, 3.05) is 6.26 Å². The fraction of sp³-hybridized carbons (Fsp3) is 0.409. The maximum absolute atomic E-state index is 12.6. The lowest BCUT2D eigenvalue weighted by molar-refractivity contribution is -0.129. The van der Waals surface area contributed by atoms with Gasteiger partial charge in [-0.25, -0.2) is 0 Å². The van der Waals surface area contributed by atoms with Crippen LogP contribution in [-0.4, -0.2) is 37.6 Å². The van der Waals surface area contributed by atoms with Gasteiger partial charge in [0.25, 0.3) is 10.1 Å². The molecule has 2 aromatic rings. The van der Waals surface area contributed by atoms with Gasteiger partial charge in [-0.3, -0.25) is 8.98 Å². The van der Waals surface area contributed by atoms with Gasteiger partial charge in [0.1, 0.15) is 17.6 Å². The Kier molecular flexibility index (Phi) is 6.59. The number of hydrogen-bond acceptors (Lipinski definition) is 5.